The number of hydrogen-bond donors (Lipinski definition) is 1. The van der Waals surface area contributed by atoms with Crippen LogP contribution >= 0.6 is 0 Å². The summed E-state index contributed by atoms with van der Waals surface area (Å²) in [6.45, 7) is 8.62. The number of aromatic nitrogens is 2. The SMILES string of the molecule is CC(C)/C=c1/nc(-c2ccccc2)c(C/C=C/CC(=O)O)n/c1=C/CC(=O)N=C1CCC(C)(C)c2ccccc21. The van der Waals surface area contributed by atoms with Crippen molar-refractivity contribution in [1.29, 1.82) is 0 Å². The van der Waals surface area contributed by atoms with Gasteiger partial charge in [-0.3, -0.25) is 9.59 Å². The molecule has 4 rings (SSSR count). The van der Waals surface area contributed by atoms with Crippen molar-refractivity contribution in [3.05, 3.63) is 94.3 Å². The van der Waals surface area contributed by atoms with Crippen LogP contribution in [0.15, 0.2) is 71.7 Å². The lowest BCUT2D eigenvalue weighted by Crippen LogP contribution is -2.34. The zero-order chi connectivity index (χ0) is 28.7. The molecule has 6 nitrogen and oxygen atoms in total. The summed E-state index contributed by atoms with van der Waals surface area (Å²) in [7, 11) is 0. The molecule has 1 aromatic heterocycles. The van der Waals surface area contributed by atoms with Crippen LogP contribution in [0.25, 0.3) is 23.4 Å². The number of carbonyl (C=O) groups is 2. The molecular weight excluding hydrogens is 498 g/mol. The Balaban J connectivity index is 1.72. The maximum atomic E-state index is 13.1. The Morgan fingerprint density at radius 3 is 2.42 bits per heavy atom. The molecule has 2 aromatic carbocycles. The van der Waals surface area contributed by atoms with Gasteiger partial charge < -0.3 is 5.11 Å². The van der Waals surface area contributed by atoms with Crippen LogP contribution in [-0.4, -0.2) is 32.7 Å². The first kappa shape index (κ1) is 28.8. The molecule has 0 bridgehead atoms. The topological polar surface area (TPSA) is 92.5 Å². The number of amides is 1. The highest BCUT2D eigenvalue weighted by molar-refractivity contribution is 6.08. The normalized spacial score (nSPS) is 16.6. The second-order valence-corrected chi connectivity index (χ2v) is 11.1. The van der Waals surface area contributed by atoms with Gasteiger partial charge in [-0.15, -0.1) is 0 Å². The molecule has 40 heavy (non-hydrogen) atoms. The van der Waals surface area contributed by atoms with Crippen LogP contribution in [0, 0.1) is 5.92 Å². The fourth-order valence-corrected chi connectivity index (χ4v) is 4.96. The molecular formula is C34H37N3O3. The molecule has 0 atom stereocenters. The van der Waals surface area contributed by atoms with Crippen LogP contribution in [0.1, 0.15) is 70.2 Å². The highest BCUT2D eigenvalue weighted by atomic mass is 16.4. The number of fused-ring (bicyclic) bond motifs is 1. The van der Waals surface area contributed by atoms with Gasteiger partial charge in [0.25, 0.3) is 0 Å². The fraction of sp³-hybridized carbons (Fsp3) is 0.324. The summed E-state index contributed by atoms with van der Waals surface area (Å²) in [6, 6.07) is 18.1. The third kappa shape index (κ3) is 7.26. The number of carboxylic acid groups (broad SMARTS) is 1. The van der Waals surface area contributed by atoms with Gasteiger partial charge >= 0.3 is 5.97 Å². The lowest BCUT2D eigenvalue weighted by molar-refractivity contribution is -0.136. The highest BCUT2D eigenvalue weighted by Gasteiger charge is 2.30. The first-order chi connectivity index (χ1) is 19.1. The number of nitrogens with zero attached hydrogens (tertiary/aromatic N) is 3. The molecule has 206 valence electrons. The van der Waals surface area contributed by atoms with Gasteiger partial charge in [-0.1, -0.05) is 101 Å². The van der Waals surface area contributed by atoms with E-state index in [-0.39, 0.29) is 30.1 Å². The van der Waals surface area contributed by atoms with Crippen LogP contribution in [-0.2, 0) is 21.4 Å². The first-order valence-electron chi connectivity index (χ1n) is 13.9. The molecule has 0 saturated heterocycles. The largest absolute Gasteiger partial charge is 0.481 e. The lowest BCUT2D eigenvalue weighted by Gasteiger charge is -2.33. The van der Waals surface area contributed by atoms with Crippen LogP contribution in [0.3, 0.4) is 0 Å². The van der Waals surface area contributed by atoms with Gasteiger partial charge in [-0.2, -0.15) is 0 Å². The van der Waals surface area contributed by atoms with E-state index < -0.39 is 5.97 Å². The van der Waals surface area contributed by atoms with Gasteiger partial charge in [0.05, 0.1) is 34.2 Å². The molecule has 1 aliphatic carbocycles. The lowest BCUT2D eigenvalue weighted by atomic mass is 9.72. The van der Waals surface area contributed by atoms with E-state index in [2.05, 4.69) is 44.8 Å². The minimum Gasteiger partial charge on any atom is -0.481 e. The minimum absolute atomic E-state index is 0.0533. The summed E-state index contributed by atoms with van der Waals surface area (Å²) in [5, 5.41) is 10.3. The Kier molecular flexibility index (Phi) is 9.20. The molecule has 0 aliphatic heterocycles. The molecule has 0 radical (unpaired) electrons. The van der Waals surface area contributed by atoms with E-state index in [1.807, 2.05) is 54.6 Å². The van der Waals surface area contributed by atoms with E-state index in [0.29, 0.717) is 11.8 Å². The van der Waals surface area contributed by atoms with Gasteiger partial charge in [-0.25, -0.2) is 15.0 Å². The number of carbonyl (C=O) groups excluding carboxylic acids is 1. The highest BCUT2D eigenvalue weighted by Crippen LogP contribution is 2.36. The Hall–Kier alpha value is -4.19. The maximum Gasteiger partial charge on any atom is 0.307 e. The van der Waals surface area contributed by atoms with Gasteiger partial charge in [0.15, 0.2) is 0 Å². The Morgan fingerprint density at radius 1 is 0.975 bits per heavy atom. The first-order valence-corrected chi connectivity index (χ1v) is 13.9. The van der Waals surface area contributed by atoms with E-state index in [4.69, 9.17) is 15.1 Å². The fourth-order valence-electron chi connectivity index (χ4n) is 4.96. The number of allylic oxidation sites excluding steroid dienone is 1. The van der Waals surface area contributed by atoms with Crippen LogP contribution in [0.5, 0.6) is 0 Å². The van der Waals surface area contributed by atoms with Gasteiger partial charge in [0, 0.05) is 18.4 Å². The second-order valence-electron chi connectivity index (χ2n) is 11.1. The van der Waals surface area contributed by atoms with E-state index in [0.717, 1.165) is 46.4 Å². The Bertz CT molecular complexity index is 1570. The number of rotatable bonds is 8. The molecule has 1 N–H and O–H groups in total. The van der Waals surface area contributed by atoms with Gasteiger partial charge in [0.1, 0.15) is 0 Å². The van der Waals surface area contributed by atoms with Gasteiger partial charge in [-0.05, 0) is 41.4 Å². The predicted molar refractivity (Wildman–Crippen MR) is 160 cm³/mol. The molecule has 1 amide bonds. The quantitative estimate of drug-likeness (QED) is 0.389. The average molecular weight is 536 g/mol. The van der Waals surface area contributed by atoms with Gasteiger partial charge in [0.2, 0.25) is 5.91 Å². The van der Waals surface area contributed by atoms with Crippen molar-refractivity contribution >= 4 is 29.7 Å². The third-order valence-electron chi connectivity index (χ3n) is 7.02. The number of aliphatic imine (C=N–C) groups is 1. The molecule has 3 aromatic rings. The van der Waals surface area contributed by atoms with E-state index >= 15 is 0 Å². The minimum atomic E-state index is -0.884. The summed E-state index contributed by atoms with van der Waals surface area (Å²) in [5.74, 6) is -0.868. The summed E-state index contributed by atoms with van der Waals surface area (Å²) in [5.41, 5.74) is 5.59. The third-order valence-corrected chi connectivity index (χ3v) is 7.02. The summed E-state index contributed by atoms with van der Waals surface area (Å²) < 4.78 is 0. The predicted octanol–water partition coefficient (Wildman–Crippen LogP) is 5.41. The maximum absolute atomic E-state index is 13.1. The molecule has 0 saturated carbocycles. The van der Waals surface area contributed by atoms with Crippen LogP contribution in [0.2, 0.25) is 0 Å². The van der Waals surface area contributed by atoms with E-state index in [1.165, 1.54) is 5.56 Å². The summed E-state index contributed by atoms with van der Waals surface area (Å²) >= 11 is 0. The smallest absolute Gasteiger partial charge is 0.307 e. The van der Waals surface area contributed by atoms with Crippen molar-refractivity contribution in [3.8, 4) is 11.3 Å². The standard InChI is InChI=1S/C34H37N3O3/c1-23(2)22-30-28(18-19-31(38)36-27-20-21-34(3,4)26-15-9-8-14-25(26)27)35-29(16-10-11-17-32(39)40)33(37-30)24-12-6-5-7-13-24/h5-15,18,22-23H,16-17,19-21H2,1-4H3,(H,39,40)/b11-10+,28-18+,30-22+,36-27?. The molecule has 1 heterocycles. The van der Waals surface area contributed by atoms with Crippen molar-refractivity contribution < 1.29 is 14.7 Å². The molecule has 0 unspecified atom stereocenters. The number of hydrogen-bond acceptors (Lipinski definition) is 4. The Morgan fingerprint density at radius 2 is 1.70 bits per heavy atom. The van der Waals surface area contributed by atoms with Crippen molar-refractivity contribution in [3.63, 3.8) is 0 Å². The number of carboxylic acids is 1. The average Bonchev–Trinajstić information content (AvgIpc) is 2.92. The molecule has 0 fully saturated rings. The van der Waals surface area contributed by atoms with Crippen molar-refractivity contribution in [2.24, 2.45) is 10.9 Å². The number of aliphatic carboxylic acids is 1. The molecule has 1 aliphatic rings. The number of benzene rings is 2. The summed E-state index contributed by atoms with van der Waals surface area (Å²) in [4.78, 5) is 38.5. The molecule has 0 spiro atoms. The van der Waals surface area contributed by atoms with Crippen molar-refractivity contribution in [1.82, 2.24) is 9.97 Å². The van der Waals surface area contributed by atoms with Crippen LogP contribution in [0.4, 0.5) is 0 Å². The Labute approximate surface area is 235 Å². The zero-order valence-electron chi connectivity index (χ0n) is 23.7. The van der Waals surface area contributed by atoms with E-state index in [9.17, 15) is 9.59 Å². The molecule has 6 heteroatoms. The second kappa shape index (κ2) is 12.8. The van der Waals surface area contributed by atoms with Crippen molar-refractivity contribution in [2.45, 2.75) is 65.2 Å². The van der Waals surface area contributed by atoms with Crippen LogP contribution < -0.4 is 10.7 Å². The summed E-state index contributed by atoms with van der Waals surface area (Å²) in [6.07, 6.45) is 9.48. The van der Waals surface area contributed by atoms with E-state index in [1.54, 1.807) is 12.2 Å². The van der Waals surface area contributed by atoms with Crippen molar-refractivity contribution in [2.75, 3.05) is 0 Å². The zero-order valence-corrected chi connectivity index (χ0v) is 23.7. The monoisotopic (exact) mass is 535 g/mol.